The number of hydrogen-bond donors (Lipinski definition) is 2. The van der Waals surface area contributed by atoms with E-state index in [0.717, 1.165) is 17.0 Å². The molecule has 1 aromatic rings. The zero-order valence-corrected chi connectivity index (χ0v) is 10.7. The third kappa shape index (κ3) is 3.87. The van der Waals surface area contributed by atoms with Crippen LogP contribution >= 0.6 is 0 Å². The number of ether oxygens (including phenoxy) is 1. The van der Waals surface area contributed by atoms with Crippen molar-refractivity contribution in [1.82, 2.24) is 4.90 Å². The maximum atomic E-state index is 13.1. The van der Waals surface area contributed by atoms with Crippen molar-refractivity contribution < 1.29 is 23.4 Å². The van der Waals surface area contributed by atoms with E-state index in [4.69, 9.17) is 10.5 Å². The molecule has 0 bridgehead atoms. The first-order chi connectivity index (χ1) is 8.86. The van der Waals surface area contributed by atoms with Gasteiger partial charge in [-0.25, -0.2) is 8.78 Å². The quantitative estimate of drug-likeness (QED) is 0.772. The van der Waals surface area contributed by atoms with E-state index in [1.54, 1.807) is 0 Å². The molecule has 5 nitrogen and oxygen atoms in total. The molecular weight excluding hydrogens is 258 g/mol. The molecule has 0 heterocycles. The molecule has 7 heteroatoms. The van der Waals surface area contributed by atoms with Crippen LogP contribution in [0.3, 0.4) is 0 Å². The molecule has 0 aliphatic heterocycles. The summed E-state index contributed by atoms with van der Waals surface area (Å²) in [5, 5.41) is 9.50. The van der Waals surface area contributed by atoms with Crippen molar-refractivity contribution in [2.75, 3.05) is 33.0 Å². The molecule has 1 atom stereocenters. The summed E-state index contributed by atoms with van der Waals surface area (Å²) in [5.74, 6) is -2.87. The molecule has 1 rings (SSSR count). The minimum absolute atomic E-state index is 0.00882. The Kier molecular flexibility index (Phi) is 5.20. The first kappa shape index (κ1) is 15.3. The number of amides is 1. The lowest BCUT2D eigenvalue weighted by Crippen LogP contribution is -2.36. The van der Waals surface area contributed by atoms with Crippen LogP contribution in [0.4, 0.5) is 14.5 Å². The number of likely N-dealkylation sites (N-methyl/N-ethyl adjacent to an activating group) is 1. The normalized spacial score (nSPS) is 12.3. The summed E-state index contributed by atoms with van der Waals surface area (Å²) >= 11 is 0. The van der Waals surface area contributed by atoms with Gasteiger partial charge in [-0.2, -0.15) is 0 Å². The number of hydrogen-bond acceptors (Lipinski definition) is 4. The van der Waals surface area contributed by atoms with Gasteiger partial charge in [0.05, 0.1) is 18.3 Å². The third-order valence-corrected chi connectivity index (χ3v) is 2.51. The monoisotopic (exact) mass is 274 g/mol. The molecule has 0 saturated carbocycles. The van der Waals surface area contributed by atoms with Crippen LogP contribution in [0, 0.1) is 11.6 Å². The van der Waals surface area contributed by atoms with Crippen molar-refractivity contribution in [2.45, 2.75) is 6.10 Å². The van der Waals surface area contributed by atoms with Crippen LogP contribution in [0.5, 0.6) is 0 Å². The van der Waals surface area contributed by atoms with Crippen molar-refractivity contribution in [2.24, 2.45) is 0 Å². The molecule has 1 unspecified atom stereocenters. The molecule has 106 valence electrons. The van der Waals surface area contributed by atoms with Gasteiger partial charge in [-0.15, -0.1) is 0 Å². The van der Waals surface area contributed by atoms with Crippen LogP contribution < -0.4 is 5.73 Å². The number of carbonyl (C=O) groups excluding carboxylic acids is 1. The Morgan fingerprint density at radius 3 is 2.63 bits per heavy atom. The summed E-state index contributed by atoms with van der Waals surface area (Å²) in [7, 11) is 2.83. The van der Waals surface area contributed by atoms with Gasteiger partial charge in [0.25, 0.3) is 5.91 Å². The maximum Gasteiger partial charge on any atom is 0.255 e. The summed E-state index contributed by atoms with van der Waals surface area (Å²) in [5.41, 5.74) is 5.17. The number of rotatable bonds is 5. The van der Waals surface area contributed by atoms with Gasteiger partial charge >= 0.3 is 0 Å². The Bertz CT molecular complexity index is 469. The smallest absolute Gasteiger partial charge is 0.255 e. The summed E-state index contributed by atoms with van der Waals surface area (Å²) in [6, 6.07) is 1.49. The van der Waals surface area contributed by atoms with Crippen molar-refractivity contribution in [3.63, 3.8) is 0 Å². The molecule has 3 N–H and O–H groups in total. The van der Waals surface area contributed by atoms with Crippen molar-refractivity contribution >= 4 is 11.6 Å². The number of aliphatic hydroxyl groups is 1. The highest BCUT2D eigenvalue weighted by atomic mass is 19.2. The lowest BCUT2D eigenvalue weighted by atomic mass is 10.1. The number of anilines is 1. The van der Waals surface area contributed by atoms with E-state index >= 15 is 0 Å². The number of methoxy groups -OCH3 is 1. The lowest BCUT2D eigenvalue weighted by molar-refractivity contribution is 0.0380. The van der Waals surface area contributed by atoms with Gasteiger partial charge < -0.3 is 20.5 Å². The predicted octanol–water partition coefficient (Wildman–Crippen LogP) is 0.626. The first-order valence-electron chi connectivity index (χ1n) is 5.53. The van der Waals surface area contributed by atoms with E-state index in [0.29, 0.717) is 0 Å². The first-order valence-corrected chi connectivity index (χ1v) is 5.53. The van der Waals surface area contributed by atoms with Gasteiger partial charge in [-0.3, -0.25) is 4.79 Å². The molecule has 0 spiro atoms. The van der Waals surface area contributed by atoms with Crippen LogP contribution in [0.1, 0.15) is 10.4 Å². The van der Waals surface area contributed by atoms with Gasteiger partial charge in [0, 0.05) is 32.5 Å². The van der Waals surface area contributed by atoms with Crippen LogP contribution in [0.15, 0.2) is 12.1 Å². The molecule has 0 aliphatic rings. The Labute approximate surface area is 109 Å². The van der Waals surface area contributed by atoms with E-state index in [2.05, 4.69) is 0 Å². The van der Waals surface area contributed by atoms with Gasteiger partial charge in [-0.05, 0) is 6.07 Å². The summed E-state index contributed by atoms with van der Waals surface area (Å²) < 4.78 is 30.7. The van der Waals surface area contributed by atoms with Crippen LogP contribution in [-0.2, 0) is 4.74 Å². The zero-order chi connectivity index (χ0) is 14.6. The lowest BCUT2D eigenvalue weighted by Gasteiger charge is -2.21. The molecular formula is C12H16F2N2O3. The van der Waals surface area contributed by atoms with Gasteiger partial charge in [0.2, 0.25) is 0 Å². The molecule has 1 aromatic carbocycles. The topological polar surface area (TPSA) is 75.8 Å². The largest absolute Gasteiger partial charge is 0.398 e. The predicted molar refractivity (Wildman–Crippen MR) is 65.6 cm³/mol. The molecule has 0 radical (unpaired) electrons. The van der Waals surface area contributed by atoms with Crippen LogP contribution in [-0.4, -0.2) is 49.3 Å². The Balaban J connectivity index is 2.85. The summed E-state index contributed by atoms with van der Waals surface area (Å²) in [4.78, 5) is 13.1. The van der Waals surface area contributed by atoms with Crippen molar-refractivity contribution in [1.29, 1.82) is 0 Å². The Hall–Kier alpha value is -1.73. The number of nitrogens with zero attached hydrogens (tertiary/aromatic N) is 1. The minimum atomic E-state index is -1.15. The van der Waals surface area contributed by atoms with Crippen molar-refractivity contribution in [3.8, 4) is 0 Å². The molecule has 0 aliphatic carbocycles. The maximum absolute atomic E-state index is 13.1. The van der Waals surface area contributed by atoms with E-state index in [1.807, 2.05) is 0 Å². The van der Waals surface area contributed by atoms with E-state index in [-0.39, 0.29) is 24.4 Å². The number of benzene rings is 1. The number of nitrogens with two attached hydrogens (primary N) is 1. The minimum Gasteiger partial charge on any atom is -0.398 e. The highest BCUT2D eigenvalue weighted by Gasteiger charge is 2.19. The standard InChI is InChI=1S/C12H16F2N2O3/c1-16(5-7(17)6-19-2)12(18)8-3-9(13)10(14)4-11(8)15/h3-4,7,17H,5-6,15H2,1-2H3. The molecule has 19 heavy (non-hydrogen) atoms. The van der Waals surface area contributed by atoms with E-state index in [9.17, 15) is 18.7 Å². The molecule has 0 aromatic heterocycles. The third-order valence-electron chi connectivity index (χ3n) is 2.51. The molecule has 0 saturated heterocycles. The SMILES string of the molecule is COCC(O)CN(C)C(=O)c1cc(F)c(F)cc1N. The van der Waals surface area contributed by atoms with Gasteiger partial charge in [0.1, 0.15) is 0 Å². The fourth-order valence-electron chi connectivity index (χ4n) is 1.60. The average Bonchev–Trinajstić information content (AvgIpc) is 2.33. The average molecular weight is 274 g/mol. The second kappa shape index (κ2) is 6.44. The zero-order valence-electron chi connectivity index (χ0n) is 10.7. The van der Waals surface area contributed by atoms with Crippen LogP contribution in [0.2, 0.25) is 0 Å². The number of nitrogen functional groups attached to an aromatic ring is 1. The number of carbonyl (C=O) groups is 1. The van der Waals surface area contributed by atoms with Gasteiger partial charge in [0.15, 0.2) is 11.6 Å². The Morgan fingerprint density at radius 2 is 2.05 bits per heavy atom. The van der Waals surface area contributed by atoms with Gasteiger partial charge in [-0.1, -0.05) is 0 Å². The highest BCUT2D eigenvalue weighted by molar-refractivity contribution is 5.99. The number of aliphatic hydroxyl groups excluding tert-OH is 1. The molecule has 0 fully saturated rings. The Morgan fingerprint density at radius 1 is 1.47 bits per heavy atom. The van der Waals surface area contributed by atoms with E-state index in [1.165, 1.54) is 14.2 Å². The second-order valence-corrected chi connectivity index (χ2v) is 4.15. The number of halogens is 2. The fourth-order valence-corrected chi connectivity index (χ4v) is 1.60. The fraction of sp³-hybridized carbons (Fsp3) is 0.417. The molecule has 1 amide bonds. The highest BCUT2D eigenvalue weighted by Crippen LogP contribution is 2.18. The summed E-state index contributed by atoms with van der Waals surface area (Å²) in [6.07, 6.45) is -0.870. The van der Waals surface area contributed by atoms with E-state index < -0.39 is 23.6 Å². The second-order valence-electron chi connectivity index (χ2n) is 4.15. The van der Waals surface area contributed by atoms with Crippen molar-refractivity contribution in [3.05, 3.63) is 29.3 Å². The summed E-state index contributed by atoms with van der Waals surface area (Å²) in [6.45, 7) is 0.0516. The van der Waals surface area contributed by atoms with Crippen LogP contribution in [0.25, 0.3) is 0 Å².